The minimum atomic E-state index is -4.70. The second kappa shape index (κ2) is 10.7. The van der Waals surface area contributed by atoms with E-state index in [0.29, 0.717) is 23.3 Å². The van der Waals surface area contributed by atoms with Crippen LogP contribution in [0.2, 0.25) is 0 Å². The predicted molar refractivity (Wildman–Crippen MR) is 140 cm³/mol. The van der Waals surface area contributed by atoms with Crippen LogP contribution in [0.1, 0.15) is 64.3 Å². The number of nitrogens with one attached hydrogen (secondary N) is 2. The minimum Gasteiger partial charge on any atom is -0.429 e. The van der Waals surface area contributed by atoms with Gasteiger partial charge >= 0.3 is 6.18 Å². The molecule has 40 heavy (non-hydrogen) atoms. The molecule has 0 aliphatic heterocycles. The van der Waals surface area contributed by atoms with Crippen LogP contribution in [0.4, 0.5) is 17.6 Å². The molecular weight excluding hydrogens is 524 g/mol. The summed E-state index contributed by atoms with van der Waals surface area (Å²) in [5, 5.41) is 11.2. The molecule has 1 atom stereocenters. The fraction of sp³-hybridized carbons (Fsp3) is 0.300. The summed E-state index contributed by atoms with van der Waals surface area (Å²) in [6.07, 6.45) is 0.425. The first-order valence-electron chi connectivity index (χ1n) is 13.0. The SMILES string of the molecule is CCc1cn(Cc2cc(C(=O)N[C@H](c3ccc(F)c(C)c3)C3CC3)cc(-c3cccnc3C(F)(F)F)c2)c(=N)o1. The highest BCUT2D eigenvalue weighted by Gasteiger charge is 2.36. The van der Waals surface area contributed by atoms with Crippen molar-refractivity contribution in [3.63, 3.8) is 0 Å². The van der Waals surface area contributed by atoms with E-state index in [1.54, 1.807) is 37.4 Å². The van der Waals surface area contributed by atoms with Gasteiger partial charge in [0.2, 0.25) is 0 Å². The molecule has 0 radical (unpaired) electrons. The van der Waals surface area contributed by atoms with Crippen molar-refractivity contribution >= 4 is 5.91 Å². The molecule has 0 saturated heterocycles. The van der Waals surface area contributed by atoms with Crippen molar-refractivity contribution in [1.82, 2.24) is 14.9 Å². The number of pyridine rings is 1. The molecule has 2 aromatic carbocycles. The number of alkyl halides is 3. The van der Waals surface area contributed by atoms with Gasteiger partial charge in [0.15, 0.2) is 5.69 Å². The molecule has 1 aliphatic carbocycles. The Labute approximate surface area is 228 Å². The van der Waals surface area contributed by atoms with Crippen LogP contribution < -0.4 is 11.0 Å². The summed E-state index contributed by atoms with van der Waals surface area (Å²) in [4.78, 5) is 17.2. The highest BCUT2D eigenvalue weighted by Crippen LogP contribution is 2.42. The normalized spacial score (nSPS) is 14.2. The molecule has 1 fully saturated rings. The van der Waals surface area contributed by atoms with Crippen LogP contribution in [0.15, 0.2) is 65.3 Å². The number of aryl methyl sites for hydroxylation is 2. The first-order chi connectivity index (χ1) is 19.0. The Hall–Kier alpha value is -4.21. The fourth-order valence-electron chi connectivity index (χ4n) is 4.84. The van der Waals surface area contributed by atoms with Crippen molar-refractivity contribution in [3.8, 4) is 11.1 Å². The summed E-state index contributed by atoms with van der Waals surface area (Å²) in [6, 6.07) is 11.7. The van der Waals surface area contributed by atoms with Crippen LogP contribution in [0.5, 0.6) is 0 Å². The lowest BCUT2D eigenvalue weighted by Crippen LogP contribution is -2.30. The zero-order valence-corrected chi connectivity index (χ0v) is 22.0. The van der Waals surface area contributed by atoms with Gasteiger partial charge in [0, 0.05) is 29.9 Å². The molecule has 6 nitrogen and oxygen atoms in total. The van der Waals surface area contributed by atoms with Gasteiger partial charge < -0.3 is 9.73 Å². The lowest BCUT2D eigenvalue weighted by molar-refractivity contribution is -0.140. The highest BCUT2D eigenvalue weighted by molar-refractivity contribution is 5.96. The van der Waals surface area contributed by atoms with Gasteiger partial charge in [-0.25, -0.2) is 4.39 Å². The number of rotatable bonds is 8. The van der Waals surface area contributed by atoms with Gasteiger partial charge in [-0.05, 0) is 78.3 Å². The summed E-state index contributed by atoms with van der Waals surface area (Å²) in [6.45, 7) is 3.65. The number of hydrogen-bond donors (Lipinski definition) is 2. The fourth-order valence-corrected chi connectivity index (χ4v) is 4.84. The number of carbonyl (C=O) groups excluding carboxylic acids is 1. The molecule has 1 amide bonds. The van der Waals surface area contributed by atoms with Crippen LogP contribution in [0.3, 0.4) is 0 Å². The maximum absolute atomic E-state index is 13.9. The number of hydrogen-bond acceptors (Lipinski definition) is 4. The monoisotopic (exact) mass is 552 g/mol. The van der Waals surface area contributed by atoms with E-state index in [0.717, 1.165) is 24.6 Å². The number of carbonyl (C=O) groups is 1. The average molecular weight is 553 g/mol. The van der Waals surface area contributed by atoms with Gasteiger partial charge in [0.05, 0.1) is 12.6 Å². The molecule has 2 N–H and O–H groups in total. The Bertz CT molecular complexity index is 1620. The van der Waals surface area contributed by atoms with Gasteiger partial charge in [-0.2, -0.15) is 13.2 Å². The van der Waals surface area contributed by atoms with Crippen molar-refractivity contribution in [1.29, 1.82) is 5.41 Å². The standard InChI is InChI=1S/C30H28F4N4O2/c1-3-23-16-38(29(35)40-23)15-18-12-21(24-5-4-10-36-27(24)30(32,33)34)14-22(13-18)28(39)37-26(19-6-7-19)20-8-9-25(31)17(2)11-20/h4-5,8-14,16,19,26,35H,3,6-7,15H2,1-2H3,(H,37,39)/t26-/m0/s1. The Kier molecular flexibility index (Phi) is 7.35. The van der Waals surface area contributed by atoms with Gasteiger partial charge in [0.25, 0.3) is 11.6 Å². The van der Waals surface area contributed by atoms with E-state index in [9.17, 15) is 22.4 Å². The van der Waals surface area contributed by atoms with Gasteiger partial charge in [-0.15, -0.1) is 0 Å². The van der Waals surface area contributed by atoms with Crippen molar-refractivity contribution in [2.75, 3.05) is 0 Å². The van der Waals surface area contributed by atoms with E-state index >= 15 is 0 Å². The van der Waals surface area contributed by atoms with Crippen LogP contribution in [-0.4, -0.2) is 15.5 Å². The molecule has 2 aromatic heterocycles. The molecule has 4 aromatic rings. The van der Waals surface area contributed by atoms with Crippen molar-refractivity contribution in [3.05, 3.63) is 106 Å². The first-order valence-corrected chi connectivity index (χ1v) is 13.0. The lowest BCUT2D eigenvalue weighted by Gasteiger charge is -2.20. The maximum atomic E-state index is 13.9. The summed E-state index contributed by atoms with van der Waals surface area (Å²) >= 11 is 0. The second-order valence-electron chi connectivity index (χ2n) is 10.1. The Morgan fingerprint density at radius 1 is 1.20 bits per heavy atom. The molecule has 5 rings (SSSR count). The zero-order chi connectivity index (χ0) is 28.6. The van der Waals surface area contributed by atoms with Crippen LogP contribution in [0, 0.1) is 24.1 Å². The van der Waals surface area contributed by atoms with Crippen molar-refractivity contribution < 1.29 is 26.8 Å². The topological polar surface area (TPSA) is 83.9 Å². The third kappa shape index (κ3) is 5.85. The molecule has 1 aliphatic rings. The molecule has 208 valence electrons. The number of benzene rings is 2. The van der Waals surface area contributed by atoms with Crippen LogP contribution in [0.25, 0.3) is 11.1 Å². The molecule has 0 unspecified atom stereocenters. The number of halogens is 4. The number of amides is 1. The van der Waals surface area contributed by atoms with Crippen molar-refractivity contribution in [2.24, 2.45) is 5.92 Å². The molecule has 1 saturated carbocycles. The summed E-state index contributed by atoms with van der Waals surface area (Å²) in [5.41, 5.74) is 0.784. The molecule has 10 heteroatoms. The highest BCUT2D eigenvalue weighted by atomic mass is 19.4. The molecular formula is C30H28F4N4O2. The molecule has 0 bridgehead atoms. The van der Waals surface area contributed by atoms with E-state index < -0.39 is 17.8 Å². The summed E-state index contributed by atoms with van der Waals surface area (Å²) in [7, 11) is 0. The van der Waals surface area contributed by atoms with E-state index in [1.807, 2.05) is 6.92 Å². The van der Waals surface area contributed by atoms with Crippen LogP contribution >= 0.6 is 0 Å². The second-order valence-corrected chi connectivity index (χ2v) is 10.1. The largest absolute Gasteiger partial charge is 0.433 e. The zero-order valence-electron chi connectivity index (χ0n) is 22.0. The molecule has 0 spiro atoms. The van der Waals surface area contributed by atoms with Gasteiger partial charge in [-0.3, -0.25) is 19.8 Å². The van der Waals surface area contributed by atoms with E-state index in [1.165, 1.54) is 28.8 Å². The first kappa shape index (κ1) is 27.4. The predicted octanol–water partition coefficient (Wildman–Crippen LogP) is 6.58. The minimum absolute atomic E-state index is 0.105. The number of aromatic nitrogens is 2. The van der Waals surface area contributed by atoms with E-state index in [-0.39, 0.29) is 46.7 Å². The smallest absolute Gasteiger partial charge is 0.429 e. The maximum Gasteiger partial charge on any atom is 0.433 e. The Morgan fingerprint density at radius 2 is 1.98 bits per heavy atom. The Balaban J connectivity index is 1.56. The summed E-state index contributed by atoms with van der Waals surface area (Å²) < 4.78 is 62.4. The number of oxazole rings is 1. The third-order valence-electron chi connectivity index (χ3n) is 7.05. The van der Waals surface area contributed by atoms with E-state index in [2.05, 4.69) is 10.3 Å². The Morgan fingerprint density at radius 3 is 2.62 bits per heavy atom. The van der Waals surface area contributed by atoms with Crippen molar-refractivity contribution in [2.45, 2.75) is 51.9 Å². The summed E-state index contributed by atoms with van der Waals surface area (Å²) in [5.74, 6) is -0.0216. The lowest BCUT2D eigenvalue weighted by atomic mass is 9.96. The quantitative estimate of drug-likeness (QED) is 0.242. The van der Waals surface area contributed by atoms with E-state index in [4.69, 9.17) is 9.83 Å². The van der Waals surface area contributed by atoms with Gasteiger partial charge in [0.1, 0.15) is 11.6 Å². The molecule has 2 heterocycles. The number of nitrogens with zero attached hydrogens (tertiary/aromatic N) is 2. The average Bonchev–Trinajstić information content (AvgIpc) is 3.71. The third-order valence-corrected chi connectivity index (χ3v) is 7.05. The van der Waals surface area contributed by atoms with Gasteiger partial charge in [-0.1, -0.05) is 25.1 Å². The van der Waals surface area contributed by atoms with Crippen LogP contribution in [-0.2, 0) is 19.1 Å².